The summed E-state index contributed by atoms with van der Waals surface area (Å²) in [6, 6.07) is 7.80. The lowest BCUT2D eigenvalue weighted by molar-refractivity contribution is 0.142. The van der Waals surface area contributed by atoms with Crippen molar-refractivity contribution >= 4 is 11.6 Å². The Kier molecular flexibility index (Phi) is 4.97. The number of hydrogen-bond donors (Lipinski definition) is 2. The summed E-state index contributed by atoms with van der Waals surface area (Å²) in [5, 5.41) is 18.3. The Balaban J connectivity index is 1.64. The number of aliphatic hydroxyl groups excluding tert-OH is 1. The fraction of sp³-hybridized carbons (Fsp3) is 0.438. The number of aromatic nitrogens is 2. The van der Waals surface area contributed by atoms with Crippen molar-refractivity contribution in [3.63, 3.8) is 0 Å². The van der Waals surface area contributed by atoms with Gasteiger partial charge < -0.3 is 15.2 Å². The molecular weight excluding hydrogens is 302 g/mol. The van der Waals surface area contributed by atoms with Crippen molar-refractivity contribution in [2.75, 3.05) is 13.2 Å². The first kappa shape index (κ1) is 15.3. The minimum Gasteiger partial charge on any atom is -0.492 e. The molecule has 22 heavy (non-hydrogen) atoms. The molecule has 2 aromatic rings. The van der Waals surface area contributed by atoms with Crippen molar-refractivity contribution < 1.29 is 9.84 Å². The van der Waals surface area contributed by atoms with Crippen LogP contribution in [0.4, 0.5) is 0 Å². The highest BCUT2D eigenvalue weighted by molar-refractivity contribution is 6.32. The Morgan fingerprint density at radius 3 is 3.18 bits per heavy atom. The number of nitrogens with zero attached hydrogens (tertiary/aromatic N) is 2. The van der Waals surface area contributed by atoms with Gasteiger partial charge in [-0.1, -0.05) is 23.7 Å². The molecule has 2 heterocycles. The maximum Gasteiger partial charge on any atom is 0.142 e. The number of benzene rings is 1. The van der Waals surface area contributed by atoms with E-state index >= 15 is 0 Å². The predicted octanol–water partition coefficient (Wildman–Crippen LogP) is 2.40. The summed E-state index contributed by atoms with van der Waals surface area (Å²) in [6.07, 6.45) is 4.98. The third kappa shape index (κ3) is 3.61. The fourth-order valence-corrected chi connectivity index (χ4v) is 2.99. The van der Waals surface area contributed by atoms with Crippen molar-refractivity contribution in [1.82, 2.24) is 15.1 Å². The van der Waals surface area contributed by atoms with Gasteiger partial charge in [0.2, 0.25) is 0 Å². The van der Waals surface area contributed by atoms with Gasteiger partial charge in [0.25, 0.3) is 0 Å². The SMILES string of the molecule is OC(CNC1CCCOc2c(Cl)cccc21)Cn1cccn1. The molecular formula is C16H20ClN3O2. The Morgan fingerprint density at radius 1 is 1.45 bits per heavy atom. The van der Waals surface area contributed by atoms with E-state index in [9.17, 15) is 5.11 Å². The summed E-state index contributed by atoms with van der Waals surface area (Å²) in [7, 11) is 0. The first-order valence-electron chi connectivity index (χ1n) is 7.54. The molecule has 0 saturated heterocycles. The minimum absolute atomic E-state index is 0.142. The van der Waals surface area contributed by atoms with E-state index in [1.807, 2.05) is 30.5 Å². The minimum atomic E-state index is -0.494. The second-order valence-corrected chi connectivity index (χ2v) is 5.90. The van der Waals surface area contributed by atoms with E-state index in [1.54, 1.807) is 10.9 Å². The van der Waals surface area contributed by atoms with Crippen molar-refractivity contribution in [3.8, 4) is 5.75 Å². The zero-order chi connectivity index (χ0) is 15.4. The van der Waals surface area contributed by atoms with Gasteiger partial charge in [-0.05, 0) is 25.0 Å². The van der Waals surface area contributed by atoms with Crippen molar-refractivity contribution in [2.24, 2.45) is 0 Å². The quantitative estimate of drug-likeness (QED) is 0.888. The number of fused-ring (bicyclic) bond motifs is 1. The Bertz CT molecular complexity index is 603. The molecule has 1 aromatic heterocycles. The monoisotopic (exact) mass is 321 g/mol. The molecule has 1 aromatic carbocycles. The number of ether oxygens (including phenoxy) is 1. The standard InChI is InChI=1S/C16H20ClN3O2/c17-14-5-1-4-13-15(6-2-9-22-16(13)14)18-10-12(21)11-20-8-3-7-19-20/h1,3-5,7-8,12,15,18,21H,2,6,9-11H2. The van der Waals surface area contributed by atoms with Crippen molar-refractivity contribution in [2.45, 2.75) is 31.5 Å². The second kappa shape index (κ2) is 7.13. The molecule has 0 radical (unpaired) electrons. The first-order chi connectivity index (χ1) is 10.7. The van der Waals surface area contributed by atoms with Gasteiger partial charge >= 0.3 is 0 Å². The predicted molar refractivity (Wildman–Crippen MR) is 85.2 cm³/mol. The number of nitrogens with one attached hydrogen (secondary N) is 1. The first-order valence-corrected chi connectivity index (χ1v) is 7.92. The lowest BCUT2D eigenvalue weighted by Gasteiger charge is -2.21. The third-order valence-electron chi connectivity index (χ3n) is 3.81. The number of rotatable bonds is 5. The number of para-hydroxylation sites is 1. The summed E-state index contributed by atoms with van der Waals surface area (Å²) in [5.41, 5.74) is 1.07. The second-order valence-electron chi connectivity index (χ2n) is 5.49. The highest BCUT2D eigenvalue weighted by Gasteiger charge is 2.22. The molecule has 6 heteroatoms. The molecule has 2 N–H and O–H groups in total. The van der Waals surface area contributed by atoms with E-state index in [0.29, 0.717) is 24.7 Å². The van der Waals surface area contributed by atoms with Crippen LogP contribution in [0.25, 0.3) is 0 Å². The third-order valence-corrected chi connectivity index (χ3v) is 4.11. The largest absolute Gasteiger partial charge is 0.492 e. The normalized spacial score (nSPS) is 19.1. The molecule has 0 spiro atoms. The molecule has 1 aliphatic heterocycles. The Hall–Kier alpha value is -1.56. The van der Waals surface area contributed by atoms with Gasteiger partial charge in [-0.25, -0.2) is 0 Å². The van der Waals surface area contributed by atoms with Crippen LogP contribution in [0.3, 0.4) is 0 Å². The molecule has 2 atom stereocenters. The summed E-state index contributed by atoms with van der Waals surface area (Å²) < 4.78 is 7.48. The van der Waals surface area contributed by atoms with Crippen LogP contribution in [0.15, 0.2) is 36.7 Å². The molecule has 5 nitrogen and oxygen atoms in total. The van der Waals surface area contributed by atoms with Gasteiger partial charge in [-0.15, -0.1) is 0 Å². The van der Waals surface area contributed by atoms with Gasteiger partial charge in [-0.3, -0.25) is 4.68 Å². The average Bonchev–Trinajstić information content (AvgIpc) is 2.91. The Labute approximate surface area is 134 Å². The summed E-state index contributed by atoms with van der Waals surface area (Å²) in [4.78, 5) is 0. The average molecular weight is 322 g/mol. The smallest absolute Gasteiger partial charge is 0.142 e. The summed E-state index contributed by atoms with van der Waals surface area (Å²) in [5.74, 6) is 0.765. The van der Waals surface area contributed by atoms with E-state index in [4.69, 9.17) is 16.3 Å². The number of halogens is 1. The maximum atomic E-state index is 10.1. The van der Waals surface area contributed by atoms with E-state index in [0.717, 1.165) is 24.2 Å². The number of hydrogen-bond acceptors (Lipinski definition) is 4. The molecule has 1 aliphatic rings. The van der Waals surface area contributed by atoms with E-state index in [1.165, 1.54) is 0 Å². The van der Waals surface area contributed by atoms with Crippen LogP contribution in [0.1, 0.15) is 24.4 Å². The molecule has 3 rings (SSSR count). The fourth-order valence-electron chi connectivity index (χ4n) is 2.75. The Morgan fingerprint density at radius 2 is 2.36 bits per heavy atom. The molecule has 0 saturated carbocycles. The van der Waals surface area contributed by atoms with Gasteiger partial charge in [0, 0.05) is 30.5 Å². The van der Waals surface area contributed by atoms with Gasteiger partial charge in [0.1, 0.15) is 5.75 Å². The molecule has 0 fully saturated rings. The topological polar surface area (TPSA) is 59.3 Å². The maximum absolute atomic E-state index is 10.1. The highest BCUT2D eigenvalue weighted by atomic mass is 35.5. The van der Waals surface area contributed by atoms with Crippen LogP contribution in [0.5, 0.6) is 5.75 Å². The van der Waals surface area contributed by atoms with Crippen molar-refractivity contribution in [3.05, 3.63) is 47.2 Å². The van der Waals surface area contributed by atoms with Crippen LogP contribution < -0.4 is 10.1 Å². The van der Waals surface area contributed by atoms with E-state index in [2.05, 4.69) is 10.4 Å². The van der Waals surface area contributed by atoms with Gasteiger partial charge in [0.05, 0.1) is 24.3 Å². The van der Waals surface area contributed by atoms with Gasteiger partial charge in [0.15, 0.2) is 0 Å². The number of aliphatic hydroxyl groups is 1. The molecule has 2 unspecified atom stereocenters. The molecule has 0 bridgehead atoms. The zero-order valence-corrected chi connectivity index (χ0v) is 13.0. The summed E-state index contributed by atoms with van der Waals surface area (Å²) in [6.45, 7) is 1.65. The van der Waals surface area contributed by atoms with E-state index in [-0.39, 0.29) is 6.04 Å². The summed E-state index contributed by atoms with van der Waals surface area (Å²) >= 11 is 6.22. The zero-order valence-electron chi connectivity index (χ0n) is 12.3. The lowest BCUT2D eigenvalue weighted by atomic mass is 10.0. The highest BCUT2D eigenvalue weighted by Crippen LogP contribution is 2.36. The van der Waals surface area contributed by atoms with Crippen LogP contribution in [-0.4, -0.2) is 34.1 Å². The van der Waals surface area contributed by atoms with E-state index < -0.39 is 6.10 Å². The molecule has 0 aliphatic carbocycles. The molecule has 118 valence electrons. The molecule has 0 amide bonds. The van der Waals surface area contributed by atoms with Crippen LogP contribution in [-0.2, 0) is 6.54 Å². The lowest BCUT2D eigenvalue weighted by Crippen LogP contribution is -2.33. The van der Waals surface area contributed by atoms with Crippen LogP contribution in [0.2, 0.25) is 5.02 Å². The van der Waals surface area contributed by atoms with Crippen molar-refractivity contribution in [1.29, 1.82) is 0 Å². The van der Waals surface area contributed by atoms with Crippen LogP contribution in [0, 0.1) is 0 Å². The van der Waals surface area contributed by atoms with Gasteiger partial charge in [-0.2, -0.15) is 5.10 Å². The van der Waals surface area contributed by atoms with Crippen LogP contribution >= 0.6 is 11.6 Å².